The molecule has 1 aromatic heterocycles. The monoisotopic (exact) mass is 378 g/mol. The highest BCUT2D eigenvalue weighted by atomic mass is 32.1. The molecule has 0 radical (unpaired) electrons. The second-order valence-electron chi connectivity index (χ2n) is 5.44. The number of methoxy groups -OCH3 is 1. The number of ether oxygens (including phenoxy) is 1. The predicted octanol–water partition coefficient (Wildman–Crippen LogP) is 4.60. The van der Waals surface area contributed by atoms with E-state index in [4.69, 9.17) is 0 Å². The van der Waals surface area contributed by atoms with Crippen LogP contribution >= 0.6 is 11.3 Å². The summed E-state index contributed by atoms with van der Waals surface area (Å²) in [5.74, 6) is -0.417. The Morgan fingerprint density at radius 2 is 1.85 bits per heavy atom. The summed E-state index contributed by atoms with van der Waals surface area (Å²) in [4.78, 5) is 11.4. The van der Waals surface area contributed by atoms with Crippen LogP contribution in [0.2, 0.25) is 0 Å². The van der Waals surface area contributed by atoms with Gasteiger partial charge in [0, 0.05) is 12.0 Å². The Morgan fingerprint density at radius 3 is 2.50 bits per heavy atom. The Balaban J connectivity index is 1.77. The number of alkyl halides is 3. The van der Waals surface area contributed by atoms with Crippen LogP contribution in [0.15, 0.2) is 48.5 Å². The number of halogens is 3. The molecule has 2 aromatic carbocycles. The van der Waals surface area contributed by atoms with Gasteiger partial charge < -0.3 is 4.74 Å². The maximum atomic E-state index is 12.8. The van der Waals surface area contributed by atoms with E-state index in [2.05, 4.69) is 14.9 Å². The van der Waals surface area contributed by atoms with Crippen LogP contribution in [0.4, 0.5) is 13.2 Å². The van der Waals surface area contributed by atoms with Gasteiger partial charge in [0.05, 0.1) is 18.2 Å². The molecule has 0 bridgehead atoms. The molecule has 0 saturated carbocycles. The predicted molar refractivity (Wildman–Crippen MR) is 90.9 cm³/mol. The fourth-order valence-electron chi connectivity index (χ4n) is 2.32. The van der Waals surface area contributed by atoms with Crippen LogP contribution in [0.1, 0.15) is 26.5 Å². The zero-order valence-corrected chi connectivity index (χ0v) is 14.4. The molecule has 8 heteroatoms. The van der Waals surface area contributed by atoms with Crippen molar-refractivity contribution in [3.8, 4) is 10.6 Å². The van der Waals surface area contributed by atoms with Crippen LogP contribution in [-0.2, 0) is 17.3 Å². The molecule has 0 N–H and O–H groups in total. The number of hydrogen-bond donors (Lipinski definition) is 0. The van der Waals surface area contributed by atoms with E-state index in [0.29, 0.717) is 27.6 Å². The molecule has 0 aliphatic carbocycles. The van der Waals surface area contributed by atoms with Crippen LogP contribution in [0.5, 0.6) is 0 Å². The summed E-state index contributed by atoms with van der Waals surface area (Å²) in [5, 5.41) is 9.14. The maximum absolute atomic E-state index is 12.8. The van der Waals surface area contributed by atoms with Gasteiger partial charge >= 0.3 is 12.1 Å². The number of rotatable bonds is 4. The molecule has 1 heterocycles. The Hall–Kier alpha value is -2.74. The minimum absolute atomic E-state index is 0.379. The van der Waals surface area contributed by atoms with Crippen molar-refractivity contribution in [2.75, 3.05) is 7.11 Å². The molecule has 3 rings (SSSR count). The third kappa shape index (κ3) is 4.08. The van der Waals surface area contributed by atoms with Crippen LogP contribution in [0.25, 0.3) is 10.6 Å². The summed E-state index contributed by atoms with van der Waals surface area (Å²) in [6, 6.07) is 11.9. The zero-order valence-electron chi connectivity index (χ0n) is 13.6. The van der Waals surface area contributed by atoms with Crippen LogP contribution in [-0.4, -0.2) is 23.3 Å². The van der Waals surface area contributed by atoms with E-state index in [1.807, 2.05) is 0 Å². The van der Waals surface area contributed by atoms with Crippen molar-refractivity contribution in [1.29, 1.82) is 0 Å². The summed E-state index contributed by atoms with van der Waals surface area (Å²) in [5.41, 5.74) is 1.01. The fraction of sp³-hybridized carbons (Fsp3) is 0.167. The first kappa shape index (κ1) is 18.1. The van der Waals surface area contributed by atoms with E-state index >= 15 is 0 Å². The van der Waals surface area contributed by atoms with Gasteiger partial charge in [-0.1, -0.05) is 35.6 Å². The first-order valence-electron chi connectivity index (χ1n) is 7.54. The lowest BCUT2D eigenvalue weighted by molar-refractivity contribution is -0.137. The molecular formula is C18H13F3N2O2S. The average molecular weight is 378 g/mol. The van der Waals surface area contributed by atoms with E-state index in [-0.39, 0.29) is 0 Å². The standard InChI is InChI=1S/C18H13F3N2O2S/c1-25-17(24)12-7-5-11(6-8-12)9-15-22-23-16(26-15)13-3-2-4-14(10-13)18(19,20)21/h2-8,10H,9H2,1H3. The van der Waals surface area contributed by atoms with Crippen LogP contribution < -0.4 is 0 Å². The molecule has 26 heavy (non-hydrogen) atoms. The number of carbonyl (C=O) groups is 1. The van der Waals surface area contributed by atoms with Gasteiger partial charge in [0.1, 0.15) is 10.0 Å². The van der Waals surface area contributed by atoms with Gasteiger partial charge in [-0.2, -0.15) is 13.2 Å². The highest BCUT2D eigenvalue weighted by Crippen LogP contribution is 2.33. The summed E-state index contributed by atoms with van der Waals surface area (Å²) >= 11 is 1.23. The lowest BCUT2D eigenvalue weighted by Gasteiger charge is -2.06. The second-order valence-corrected chi connectivity index (χ2v) is 6.51. The molecule has 0 amide bonds. The molecule has 4 nitrogen and oxygen atoms in total. The van der Waals surface area contributed by atoms with Gasteiger partial charge in [-0.25, -0.2) is 4.79 Å². The molecular weight excluding hydrogens is 365 g/mol. The van der Waals surface area contributed by atoms with Gasteiger partial charge in [0.2, 0.25) is 0 Å². The second kappa shape index (κ2) is 7.25. The lowest BCUT2D eigenvalue weighted by Crippen LogP contribution is -2.04. The van der Waals surface area contributed by atoms with Crippen molar-refractivity contribution in [3.63, 3.8) is 0 Å². The third-order valence-electron chi connectivity index (χ3n) is 3.63. The molecule has 0 unspecified atom stereocenters. The van der Waals surface area contributed by atoms with E-state index in [1.165, 1.54) is 24.5 Å². The maximum Gasteiger partial charge on any atom is 0.416 e. The van der Waals surface area contributed by atoms with Gasteiger partial charge in [-0.15, -0.1) is 10.2 Å². The fourth-order valence-corrected chi connectivity index (χ4v) is 3.19. The summed E-state index contributed by atoms with van der Waals surface area (Å²) in [6.45, 7) is 0. The van der Waals surface area contributed by atoms with Crippen LogP contribution in [0, 0.1) is 0 Å². The van der Waals surface area contributed by atoms with Gasteiger partial charge in [0.25, 0.3) is 0 Å². The molecule has 0 aliphatic heterocycles. The highest BCUT2D eigenvalue weighted by molar-refractivity contribution is 7.14. The van der Waals surface area contributed by atoms with Gasteiger partial charge in [-0.05, 0) is 29.8 Å². The molecule has 0 aliphatic rings. The normalized spacial score (nSPS) is 11.4. The van der Waals surface area contributed by atoms with Gasteiger partial charge in [0.15, 0.2) is 0 Å². The van der Waals surface area contributed by atoms with Crippen molar-refractivity contribution in [2.24, 2.45) is 0 Å². The Bertz CT molecular complexity index is 921. The number of nitrogens with zero attached hydrogens (tertiary/aromatic N) is 2. The largest absolute Gasteiger partial charge is 0.465 e. The van der Waals surface area contributed by atoms with E-state index in [0.717, 1.165) is 17.7 Å². The highest BCUT2D eigenvalue weighted by Gasteiger charge is 2.30. The number of esters is 1. The summed E-state index contributed by atoms with van der Waals surface area (Å²) in [7, 11) is 1.31. The minimum atomic E-state index is -4.40. The SMILES string of the molecule is COC(=O)c1ccc(Cc2nnc(-c3cccc(C(F)(F)F)c3)s2)cc1. The van der Waals surface area contributed by atoms with Crippen molar-refractivity contribution >= 4 is 17.3 Å². The molecule has 134 valence electrons. The summed E-state index contributed by atoms with van der Waals surface area (Å²) in [6.07, 6.45) is -3.93. The number of hydrogen-bond acceptors (Lipinski definition) is 5. The lowest BCUT2D eigenvalue weighted by atomic mass is 10.1. The number of benzene rings is 2. The zero-order chi connectivity index (χ0) is 18.7. The molecule has 0 saturated heterocycles. The quantitative estimate of drug-likeness (QED) is 0.623. The van der Waals surface area contributed by atoms with Gasteiger partial charge in [-0.3, -0.25) is 0 Å². The Labute approximate surface area is 151 Å². The van der Waals surface area contributed by atoms with E-state index in [1.54, 1.807) is 30.3 Å². The number of carbonyl (C=O) groups excluding carboxylic acids is 1. The molecule has 0 spiro atoms. The van der Waals surface area contributed by atoms with Crippen LogP contribution in [0.3, 0.4) is 0 Å². The topological polar surface area (TPSA) is 52.1 Å². The molecule has 0 fully saturated rings. The van der Waals surface area contributed by atoms with Crippen molar-refractivity contribution in [3.05, 3.63) is 70.2 Å². The van der Waals surface area contributed by atoms with E-state index in [9.17, 15) is 18.0 Å². The third-order valence-corrected chi connectivity index (χ3v) is 4.61. The average Bonchev–Trinajstić information content (AvgIpc) is 3.09. The minimum Gasteiger partial charge on any atom is -0.465 e. The van der Waals surface area contributed by atoms with Crippen molar-refractivity contribution in [2.45, 2.75) is 12.6 Å². The smallest absolute Gasteiger partial charge is 0.416 e. The van der Waals surface area contributed by atoms with Crippen molar-refractivity contribution in [1.82, 2.24) is 10.2 Å². The first-order chi connectivity index (χ1) is 12.4. The summed E-state index contributed by atoms with van der Waals surface area (Å²) < 4.78 is 43.1. The Morgan fingerprint density at radius 1 is 1.12 bits per heavy atom. The Kier molecular flexibility index (Phi) is 5.03. The van der Waals surface area contributed by atoms with E-state index < -0.39 is 17.7 Å². The molecule has 0 atom stereocenters. The first-order valence-corrected chi connectivity index (χ1v) is 8.36. The number of aromatic nitrogens is 2. The van der Waals surface area contributed by atoms with Crippen molar-refractivity contribution < 1.29 is 22.7 Å². The molecule has 3 aromatic rings.